The lowest BCUT2D eigenvalue weighted by molar-refractivity contribution is -0.157. The zero-order valence-electron chi connectivity index (χ0n) is 9.15. The summed E-state index contributed by atoms with van der Waals surface area (Å²) >= 11 is 0. The van der Waals surface area contributed by atoms with Crippen molar-refractivity contribution < 1.29 is 19.1 Å². The number of hydrogen-bond donors (Lipinski definition) is 0. The minimum atomic E-state index is -1.19. The lowest BCUT2D eigenvalue weighted by Gasteiger charge is -2.26. The Morgan fingerprint density at radius 1 is 1.00 bits per heavy atom. The Bertz CT molecular complexity index is 396. The molecule has 4 nitrogen and oxygen atoms in total. The van der Waals surface area contributed by atoms with E-state index in [1.54, 1.807) is 38.1 Å². The monoisotopic (exact) mass is 220 g/mol. The van der Waals surface area contributed by atoms with Crippen LogP contribution in [0.5, 0.6) is 0 Å². The van der Waals surface area contributed by atoms with E-state index < -0.39 is 17.7 Å². The van der Waals surface area contributed by atoms with Crippen LogP contribution in [0.2, 0.25) is 0 Å². The summed E-state index contributed by atoms with van der Waals surface area (Å²) in [6, 6.07) is 6.22. The maximum absolute atomic E-state index is 11.7. The summed E-state index contributed by atoms with van der Waals surface area (Å²) in [6.07, 6.45) is 0.408. The second-order valence-electron chi connectivity index (χ2n) is 3.84. The van der Waals surface area contributed by atoms with E-state index in [0.717, 1.165) is 0 Å². The SMILES string of the molecule is CCC1(C)OC(=O)c2ccc(cc2)C(=O)O1. The standard InChI is InChI=1S/C12H12O4/c1-3-12(2)15-10(13)8-4-5-9(7-6-8)11(14)16-12/h4-7H,3H2,1-2H3. The maximum Gasteiger partial charge on any atom is 0.341 e. The van der Waals surface area contributed by atoms with Crippen LogP contribution >= 0.6 is 0 Å². The lowest BCUT2D eigenvalue weighted by Crippen LogP contribution is -2.35. The average molecular weight is 220 g/mol. The molecule has 0 aromatic heterocycles. The molecule has 0 saturated carbocycles. The van der Waals surface area contributed by atoms with Gasteiger partial charge in [0, 0.05) is 13.3 Å². The first kappa shape index (κ1) is 10.7. The molecule has 0 saturated heterocycles. The summed E-state index contributed by atoms with van der Waals surface area (Å²) in [5.74, 6) is -2.15. The van der Waals surface area contributed by atoms with Gasteiger partial charge in [-0.1, -0.05) is 6.92 Å². The van der Waals surface area contributed by atoms with E-state index in [2.05, 4.69) is 0 Å². The average Bonchev–Trinajstić information content (AvgIpc) is 2.34. The third-order valence-electron chi connectivity index (χ3n) is 2.62. The Balaban J connectivity index is 2.46. The van der Waals surface area contributed by atoms with Crippen molar-refractivity contribution in [2.45, 2.75) is 26.1 Å². The molecule has 0 amide bonds. The van der Waals surface area contributed by atoms with E-state index >= 15 is 0 Å². The van der Waals surface area contributed by atoms with Crippen LogP contribution in [0.1, 0.15) is 41.0 Å². The molecule has 84 valence electrons. The van der Waals surface area contributed by atoms with Crippen molar-refractivity contribution in [3.8, 4) is 0 Å². The topological polar surface area (TPSA) is 52.6 Å². The van der Waals surface area contributed by atoms with Crippen LogP contribution in [0.15, 0.2) is 24.3 Å². The van der Waals surface area contributed by atoms with Gasteiger partial charge in [-0.3, -0.25) is 0 Å². The molecule has 1 aromatic rings. The van der Waals surface area contributed by atoms with Crippen LogP contribution in [0.3, 0.4) is 0 Å². The maximum atomic E-state index is 11.7. The van der Waals surface area contributed by atoms with Crippen LogP contribution in [0.4, 0.5) is 0 Å². The predicted octanol–water partition coefficient (Wildman–Crippen LogP) is 2.14. The van der Waals surface area contributed by atoms with Crippen LogP contribution in [0, 0.1) is 0 Å². The van der Waals surface area contributed by atoms with Gasteiger partial charge < -0.3 is 9.47 Å². The zero-order chi connectivity index (χ0) is 11.8. The van der Waals surface area contributed by atoms with Crippen molar-refractivity contribution in [3.05, 3.63) is 35.4 Å². The van der Waals surface area contributed by atoms with Gasteiger partial charge >= 0.3 is 11.9 Å². The molecule has 2 heterocycles. The summed E-state index contributed by atoms with van der Waals surface area (Å²) in [5.41, 5.74) is 0.837. The molecule has 0 N–H and O–H groups in total. The van der Waals surface area contributed by atoms with E-state index in [0.29, 0.717) is 17.5 Å². The van der Waals surface area contributed by atoms with Crippen molar-refractivity contribution in [3.63, 3.8) is 0 Å². The Labute approximate surface area is 93.2 Å². The number of fused-ring (bicyclic) bond motifs is 6. The molecule has 0 unspecified atom stereocenters. The molecule has 0 atom stereocenters. The Morgan fingerprint density at radius 2 is 1.38 bits per heavy atom. The van der Waals surface area contributed by atoms with Crippen LogP contribution in [0.25, 0.3) is 0 Å². The van der Waals surface area contributed by atoms with Crippen LogP contribution < -0.4 is 0 Å². The van der Waals surface area contributed by atoms with E-state index in [9.17, 15) is 9.59 Å². The summed E-state index contributed by atoms with van der Waals surface area (Å²) in [6.45, 7) is 3.37. The Hall–Kier alpha value is -1.84. The second kappa shape index (κ2) is 3.63. The third-order valence-corrected chi connectivity index (χ3v) is 2.62. The lowest BCUT2D eigenvalue weighted by atomic mass is 10.1. The second-order valence-corrected chi connectivity index (χ2v) is 3.84. The van der Waals surface area contributed by atoms with Gasteiger partial charge in [0.25, 0.3) is 5.79 Å². The highest BCUT2D eigenvalue weighted by Gasteiger charge is 2.33. The minimum absolute atomic E-state index is 0.408. The number of carbonyl (C=O) groups is 2. The fraction of sp³-hybridized carbons (Fsp3) is 0.333. The predicted molar refractivity (Wildman–Crippen MR) is 56.0 cm³/mol. The first-order chi connectivity index (χ1) is 7.54. The molecule has 0 radical (unpaired) electrons. The van der Waals surface area contributed by atoms with Crippen molar-refractivity contribution in [1.29, 1.82) is 0 Å². The number of carbonyl (C=O) groups excluding carboxylic acids is 2. The molecule has 1 aromatic carbocycles. The smallest absolute Gasteiger partial charge is 0.341 e. The van der Waals surface area contributed by atoms with Gasteiger partial charge in [-0.05, 0) is 24.3 Å². The molecule has 0 aliphatic carbocycles. The van der Waals surface area contributed by atoms with E-state index in [4.69, 9.17) is 9.47 Å². The van der Waals surface area contributed by atoms with Crippen molar-refractivity contribution in [2.75, 3.05) is 0 Å². The Morgan fingerprint density at radius 3 is 1.69 bits per heavy atom. The van der Waals surface area contributed by atoms with E-state index in [-0.39, 0.29) is 0 Å². The number of hydrogen-bond acceptors (Lipinski definition) is 4. The van der Waals surface area contributed by atoms with E-state index in [1.807, 2.05) is 0 Å². The highest BCUT2D eigenvalue weighted by molar-refractivity contribution is 5.94. The molecule has 16 heavy (non-hydrogen) atoms. The number of benzene rings is 1. The van der Waals surface area contributed by atoms with Crippen molar-refractivity contribution >= 4 is 11.9 Å². The van der Waals surface area contributed by atoms with Crippen molar-refractivity contribution in [1.82, 2.24) is 0 Å². The molecule has 3 rings (SSSR count). The van der Waals surface area contributed by atoms with E-state index in [1.165, 1.54) is 0 Å². The van der Waals surface area contributed by atoms with Gasteiger partial charge in [0.15, 0.2) is 0 Å². The first-order valence-electron chi connectivity index (χ1n) is 5.11. The minimum Gasteiger partial charge on any atom is -0.419 e. The molecule has 0 fully saturated rings. The number of rotatable bonds is 1. The van der Waals surface area contributed by atoms with Crippen LogP contribution in [-0.2, 0) is 9.47 Å². The largest absolute Gasteiger partial charge is 0.419 e. The van der Waals surface area contributed by atoms with Crippen LogP contribution in [-0.4, -0.2) is 17.7 Å². The highest BCUT2D eigenvalue weighted by atomic mass is 16.7. The molecule has 0 spiro atoms. The fourth-order valence-corrected chi connectivity index (χ4v) is 1.42. The third kappa shape index (κ3) is 1.78. The van der Waals surface area contributed by atoms with Gasteiger partial charge in [-0.15, -0.1) is 0 Å². The first-order valence-corrected chi connectivity index (χ1v) is 5.11. The van der Waals surface area contributed by atoms with Gasteiger partial charge in [0.2, 0.25) is 0 Å². The molecular formula is C12H12O4. The normalized spacial score (nSPS) is 18.1. The molecule has 4 heteroatoms. The van der Waals surface area contributed by atoms with Gasteiger partial charge in [-0.2, -0.15) is 0 Å². The number of ether oxygens (including phenoxy) is 2. The molecule has 2 aliphatic heterocycles. The molecule has 2 aliphatic rings. The zero-order valence-corrected chi connectivity index (χ0v) is 9.15. The fourth-order valence-electron chi connectivity index (χ4n) is 1.42. The highest BCUT2D eigenvalue weighted by Crippen LogP contribution is 2.23. The van der Waals surface area contributed by atoms with Crippen molar-refractivity contribution in [2.24, 2.45) is 0 Å². The number of esters is 2. The van der Waals surface area contributed by atoms with Gasteiger partial charge in [0.1, 0.15) is 0 Å². The van der Waals surface area contributed by atoms with Gasteiger partial charge in [-0.25, -0.2) is 9.59 Å². The molecular weight excluding hydrogens is 208 g/mol. The Kier molecular flexibility index (Phi) is 2.42. The summed E-state index contributed by atoms with van der Waals surface area (Å²) < 4.78 is 10.3. The summed E-state index contributed by atoms with van der Waals surface area (Å²) in [4.78, 5) is 23.4. The van der Waals surface area contributed by atoms with Gasteiger partial charge in [0.05, 0.1) is 11.1 Å². The summed E-state index contributed by atoms with van der Waals surface area (Å²) in [7, 11) is 0. The summed E-state index contributed by atoms with van der Waals surface area (Å²) in [5, 5.41) is 0. The molecule has 2 bridgehead atoms. The quantitative estimate of drug-likeness (QED) is 0.680.